The van der Waals surface area contributed by atoms with Gasteiger partial charge in [0, 0.05) is 168 Å². The lowest BCUT2D eigenvalue weighted by molar-refractivity contribution is -0.161. The van der Waals surface area contributed by atoms with Gasteiger partial charge in [-0.2, -0.15) is 0 Å². The highest BCUT2D eigenvalue weighted by atomic mass is 16.6. The topological polar surface area (TPSA) is 222 Å². The van der Waals surface area contributed by atoms with Gasteiger partial charge in [0.25, 0.3) is 0 Å². The molecule has 12 unspecified atom stereocenters. The number of nitrogens with two attached hydrogens (primary N) is 3. The second-order valence-corrected chi connectivity index (χ2v) is 19.4. The third kappa shape index (κ3) is 17.5. The molecule has 0 radical (unpaired) electrons. The fourth-order valence-electron chi connectivity index (χ4n) is 9.14. The summed E-state index contributed by atoms with van der Waals surface area (Å²) in [6.07, 6.45) is -38.8. The van der Waals surface area contributed by atoms with Gasteiger partial charge in [-0.15, -0.1) is 0 Å². The molecule has 0 aliphatic carbocycles. The lowest BCUT2D eigenvalue weighted by Gasteiger charge is -2.47. The average molecular weight is 1320 g/mol. The Labute approximate surface area is 632 Å². The molecule has 0 spiro atoms. The van der Waals surface area contributed by atoms with E-state index in [9.17, 15) is 40.4 Å². The Morgan fingerprint density at radius 3 is 1.34 bits per heavy atom. The van der Waals surface area contributed by atoms with E-state index in [0.29, 0.717) is 25.7 Å². The number of nitrogens with zero attached hydrogens (tertiary/aromatic N) is 3. The second-order valence-electron chi connectivity index (χ2n) is 19.4. The number of carbonyl (C=O) groups is 3. The summed E-state index contributed by atoms with van der Waals surface area (Å²) in [7, 11) is 2.51. The zero-order chi connectivity index (χ0) is 124. The number of methoxy groups -OCH3 is 6. The number of fused-ring (bicyclic) bond motifs is 9. The SMILES string of the molecule is [2H]C([2H])([2H])C([2H])(C)C([2H])([2H])C1([2H])C([2H])([2H])N2CCc3cc(OC)c(OC)cc3C2([2H])C([2H])([2H])C1([2H])OC(=O)[C@@]([2H])(N)C([2H])(C([2H])([2H])[2H])C([2H])([2H])[2H].[2H]C([2H])([2H])Oc1cc2c(cc1OC)C1([2H])N(CC2)C([2H])([2H])C([2H])(C([2H])([2H])C([2H])(C)C([2H])([2H])[2H])C([2H])(OC(=O)[C@@]([2H])(N)C([2H])(C([2H])([2H])[2H])C([2H])([2H])[2H])C1([2H])[2H].[2H]c1c2c(c([2H])c(OC)c1OC)C1N(CC2)C([2H])([2H])C([2H])(C([2H])([2H])C([2H])(C)C([2H])([2H])[2H])C(OC(=O)[C@@]([2H])(N)C([2H])(C([2H])([2H])[2H])C([2H])([2H])[2H])C1([2H])[2H]. The highest BCUT2D eigenvalue weighted by molar-refractivity contribution is 5.77. The molecule has 6 N–H and O–H groups in total. The quantitative estimate of drug-likeness (QED) is 0.0666. The molecule has 0 saturated carbocycles. The minimum absolute atomic E-state index is 0.0494. The van der Waals surface area contributed by atoms with Crippen molar-refractivity contribution in [2.75, 3.05) is 81.7 Å². The molecule has 9 rings (SSSR count). The summed E-state index contributed by atoms with van der Waals surface area (Å²) < 4.78 is 602. The Morgan fingerprint density at radius 1 is 0.522 bits per heavy atom. The fraction of sp³-hybridized carbons (Fsp3) is 0.708. The van der Waals surface area contributed by atoms with Crippen LogP contribution in [0.4, 0.5) is 0 Å². The first kappa shape index (κ1) is 24.1. The first-order valence-electron chi connectivity index (χ1n) is 59.6. The molecule has 90 heavy (non-hydrogen) atoms. The van der Waals surface area contributed by atoms with Crippen molar-refractivity contribution in [1.82, 2.24) is 14.7 Å². The molecule has 18 heteroatoms. The van der Waals surface area contributed by atoms with Crippen molar-refractivity contribution in [3.63, 3.8) is 0 Å². The monoisotopic (exact) mass is 1320 g/mol. The number of carbonyl (C=O) groups excluding carboxylic acids is 3. The lowest BCUT2D eigenvalue weighted by atomic mass is 9.79. The predicted octanol–water partition coefficient (Wildman–Crippen LogP) is 10.7. The van der Waals surface area contributed by atoms with Gasteiger partial charge in [-0.3, -0.25) is 29.1 Å². The van der Waals surface area contributed by atoms with Crippen LogP contribution in [-0.4, -0.2) is 151 Å². The number of piperidine rings is 3. The van der Waals surface area contributed by atoms with Crippen LogP contribution in [0.3, 0.4) is 0 Å². The van der Waals surface area contributed by atoms with Crippen LogP contribution in [0.15, 0.2) is 36.4 Å². The molecule has 18 nitrogen and oxygen atoms in total. The van der Waals surface area contributed by atoms with E-state index in [1.807, 2.05) is 0 Å². The van der Waals surface area contributed by atoms with Gasteiger partial charge < -0.3 is 59.8 Å². The molecule has 3 fully saturated rings. The Bertz CT molecular complexity index is 5820. The van der Waals surface area contributed by atoms with Crippen LogP contribution in [0.25, 0.3) is 0 Å². The van der Waals surface area contributed by atoms with Gasteiger partial charge in [0.15, 0.2) is 34.5 Å². The molecule has 6 heterocycles. The molecule has 3 saturated heterocycles. The number of esters is 3. The molecule has 3 aromatic rings. The standard InChI is InChI=1S/3C24H38N2O4/c3*1-14(2)9-17-13-26-8-7-16-10-21(28-5)22(29-6)11-18(16)19(26)12-20(17)30-24(27)23(25)15(3)4/h3*10-11,14-15,17,19-20,23H,7-9,12-13,25H2,1-6H3/t3*17?,19?,20?,23-/m000/s1/i1D3,3D3,4D3,5D3,9D2,12D2,13D2,14D,15D,17D,19D,20D,23D;1D3,3D3,4D3,9D2,12D2,13D2,14D,15D,17D,19D,20D,23D;1D3,3D3,4D3,9D2,10D,11D,12D2,13D2,14D,15D,17D,23D/t3*14?,17?,19?,20?,23-. The summed E-state index contributed by atoms with van der Waals surface area (Å²) in [5.74, 6) is -47.0. The van der Waals surface area contributed by atoms with Crippen LogP contribution in [0.2, 0.25) is 0 Å². The minimum atomic E-state index is -4.78. The molecule has 6 aliphatic rings. The van der Waals surface area contributed by atoms with Gasteiger partial charge in [-0.25, -0.2) is 0 Å². The predicted molar refractivity (Wildman–Crippen MR) is 353 cm³/mol. The van der Waals surface area contributed by atoms with E-state index in [-0.39, 0.29) is 56.6 Å². The maximum atomic E-state index is 13.9. The van der Waals surface area contributed by atoms with Gasteiger partial charge in [0.2, 0.25) is 0 Å². The van der Waals surface area contributed by atoms with E-state index in [0.717, 1.165) is 46.6 Å². The van der Waals surface area contributed by atoms with E-state index < -0.39 is 324 Å². The largest absolute Gasteiger partial charge is 0.493 e. The summed E-state index contributed by atoms with van der Waals surface area (Å²) in [6, 6.07) is -19.3. The number of benzene rings is 3. The van der Waals surface area contributed by atoms with Crippen molar-refractivity contribution in [2.45, 2.75) is 194 Å². The van der Waals surface area contributed by atoms with Gasteiger partial charge in [0.1, 0.15) is 36.3 Å². The number of hydrogen-bond acceptors (Lipinski definition) is 18. The van der Waals surface area contributed by atoms with Gasteiger partial charge >= 0.3 is 17.9 Å². The molecular formula is C72H114N6O12. The first-order valence-corrected chi connectivity index (χ1v) is 26.6. The summed E-state index contributed by atoms with van der Waals surface area (Å²) in [6.45, 7) is -49.0. The van der Waals surface area contributed by atoms with Crippen molar-refractivity contribution in [1.29, 1.82) is 0 Å². The average Bonchev–Trinajstić information content (AvgIpc) is 0.640. The summed E-state index contributed by atoms with van der Waals surface area (Å²) in [5, 5.41) is 0. The summed E-state index contributed by atoms with van der Waals surface area (Å²) in [4.78, 5) is 42.7. The molecule has 6 aliphatic heterocycles. The van der Waals surface area contributed by atoms with Crippen molar-refractivity contribution in [3.8, 4) is 34.5 Å². The Hall–Kier alpha value is -5.37. The van der Waals surface area contributed by atoms with Crippen molar-refractivity contribution in [2.24, 2.45) is 70.2 Å². The van der Waals surface area contributed by atoms with Crippen LogP contribution < -0.4 is 45.6 Å². The first-order chi connectivity index (χ1) is 68.3. The lowest BCUT2D eigenvalue weighted by Crippen LogP contribution is -2.51. The minimum Gasteiger partial charge on any atom is -0.493 e. The highest BCUT2D eigenvalue weighted by Crippen LogP contribution is 2.48. The molecule has 504 valence electrons. The molecule has 0 bridgehead atoms. The van der Waals surface area contributed by atoms with Crippen LogP contribution >= 0.6 is 0 Å². The zero-order valence-electron chi connectivity index (χ0n) is 116. The van der Waals surface area contributed by atoms with Gasteiger partial charge in [-0.1, -0.05) is 82.4 Å². The van der Waals surface area contributed by atoms with Gasteiger partial charge in [-0.05, 0) is 143 Å². The van der Waals surface area contributed by atoms with Crippen molar-refractivity contribution in [3.05, 3.63) is 69.7 Å². The maximum absolute atomic E-state index is 13.9. The fourth-order valence-corrected chi connectivity index (χ4v) is 9.14. The Balaban J connectivity index is 0.000000316. The molecule has 15 atom stereocenters. The molecule has 0 aromatic heterocycles. The Kier molecular flexibility index (Phi) is 8.70. The maximum Gasteiger partial charge on any atom is 0.323 e. The number of ether oxygens (including phenoxy) is 9. The van der Waals surface area contributed by atoms with Crippen LogP contribution in [0.5, 0.6) is 34.5 Å². The highest BCUT2D eigenvalue weighted by Gasteiger charge is 2.45. The van der Waals surface area contributed by atoms with Crippen LogP contribution in [-0.2, 0) is 47.9 Å². The molecule has 3 aromatic carbocycles. The van der Waals surface area contributed by atoms with Crippen LogP contribution in [0.1, 0.15) is 263 Å². The third-order valence-corrected chi connectivity index (χ3v) is 13.3. The number of hydrogen-bond donors (Lipinski definition) is 3. The van der Waals surface area contributed by atoms with E-state index in [1.54, 1.807) is 0 Å². The summed E-state index contributed by atoms with van der Waals surface area (Å²) >= 11 is 0. The zero-order valence-corrected chi connectivity index (χ0v) is 49.7. The molecule has 0 amide bonds. The van der Waals surface area contributed by atoms with E-state index in [2.05, 4.69) is 0 Å². The van der Waals surface area contributed by atoms with E-state index in [1.165, 1.54) is 13.2 Å². The smallest absolute Gasteiger partial charge is 0.323 e. The van der Waals surface area contributed by atoms with E-state index in [4.69, 9.17) is 124 Å². The van der Waals surface area contributed by atoms with Crippen molar-refractivity contribution < 1.29 is 147 Å². The Morgan fingerprint density at radius 2 is 0.911 bits per heavy atom. The normalized spacial score (nSPS) is 50.0. The third-order valence-electron chi connectivity index (χ3n) is 13.3. The van der Waals surface area contributed by atoms with Gasteiger partial charge in [0.05, 0.1) is 59.0 Å². The summed E-state index contributed by atoms with van der Waals surface area (Å²) in [5.41, 5.74) is 15.0. The van der Waals surface area contributed by atoms with Crippen molar-refractivity contribution >= 4 is 17.9 Å². The second kappa shape index (κ2) is 32.5. The number of rotatable bonds is 21. The van der Waals surface area contributed by atoms with Crippen LogP contribution in [0, 0.1) is 53.0 Å². The molecular weight excluding hydrogens is 1140 g/mol. The van der Waals surface area contributed by atoms with E-state index >= 15 is 0 Å².